The highest BCUT2D eigenvalue weighted by atomic mass is 32.2. The second kappa shape index (κ2) is 7.80. The molecular weight excluding hydrogens is 418 g/mol. The second-order valence-corrected chi connectivity index (χ2v) is 11.0. The van der Waals surface area contributed by atoms with Crippen molar-refractivity contribution in [3.8, 4) is 11.5 Å². The lowest BCUT2D eigenvalue weighted by atomic mass is 9.66. The van der Waals surface area contributed by atoms with Crippen molar-refractivity contribution < 1.29 is 14.3 Å². The van der Waals surface area contributed by atoms with Gasteiger partial charge in [0.05, 0.1) is 4.91 Å². The first-order valence-electron chi connectivity index (χ1n) is 11.7. The summed E-state index contributed by atoms with van der Waals surface area (Å²) in [7, 11) is 0. The fraction of sp³-hybridized carbons (Fsp3) is 0.407. The molecule has 4 nitrogen and oxygen atoms in total. The van der Waals surface area contributed by atoms with Crippen molar-refractivity contribution in [1.29, 1.82) is 0 Å². The van der Waals surface area contributed by atoms with Crippen LogP contribution in [-0.4, -0.2) is 11.1 Å². The van der Waals surface area contributed by atoms with Crippen LogP contribution in [0.25, 0.3) is 6.08 Å². The lowest BCUT2D eigenvalue weighted by Gasteiger charge is -2.38. The minimum absolute atomic E-state index is 0.337. The molecule has 3 saturated carbocycles. The molecule has 1 heterocycles. The largest absolute Gasteiger partial charge is 0.457 e. The van der Waals surface area contributed by atoms with Crippen molar-refractivity contribution in [2.24, 2.45) is 17.8 Å². The zero-order chi connectivity index (χ0) is 21.7. The number of fused-ring (bicyclic) bond motifs is 2. The molecule has 4 aliphatic rings. The summed E-state index contributed by atoms with van der Waals surface area (Å²) in [6.07, 6.45) is 11.5. The van der Waals surface area contributed by atoms with Gasteiger partial charge in [0.25, 0.3) is 11.1 Å². The van der Waals surface area contributed by atoms with Gasteiger partial charge in [-0.05, 0) is 90.5 Å². The van der Waals surface area contributed by atoms with Gasteiger partial charge in [0, 0.05) is 5.56 Å². The van der Waals surface area contributed by atoms with E-state index >= 15 is 0 Å². The maximum absolute atomic E-state index is 11.9. The third-order valence-electron chi connectivity index (χ3n) is 8.02. The number of amides is 2. The lowest BCUT2D eigenvalue weighted by Crippen LogP contribution is -2.30. The SMILES string of the molecule is O=C1NC(=O)/C(=C\c2ccccc2Oc2ccc([C@@]34CC5C[C@H](CCC[C@H]5C3)C4)cc2)S1. The summed E-state index contributed by atoms with van der Waals surface area (Å²) in [6.45, 7) is 0. The van der Waals surface area contributed by atoms with Crippen LogP contribution in [0.5, 0.6) is 11.5 Å². The molecule has 1 saturated heterocycles. The van der Waals surface area contributed by atoms with Gasteiger partial charge < -0.3 is 4.74 Å². The summed E-state index contributed by atoms with van der Waals surface area (Å²) >= 11 is 0.920. The van der Waals surface area contributed by atoms with Crippen molar-refractivity contribution in [2.45, 2.75) is 50.4 Å². The quantitative estimate of drug-likeness (QED) is 0.535. The van der Waals surface area contributed by atoms with Crippen LogP contribution in [0.3, 0.4) is 0 Å². The molecule has 5 heteroatoms. The number of ether oxygens (including phenoxy) is 1. The number of benzene rings is 2. The Balaban J connectivity index is 1.23. The van der Waals surface area contributed by atoms with E-state index in [0.29, 0.717) is 16.1 Å². The highest BCUT2D eigenvalue weighted by molar-refractivity contribution is 8.18. The zero-order valence-electron chi connectivity index (χ0n) is 18.0. The number of carbonyl (C=O) groups excluding carboxylic acids is 2. The summed E-state index contributed by atoms with van der Waals surface area (Å²) in [6, 6.07) is 16.3. The fourth-order valence-electron chi connectivity index (χ4n) is 6.77. The third kappa shape index (κ3) is 3.57. The monoisotopic (exact) mass is 445 g/mol. The molecule has 2 aromatic rings. The number of hydrogen-bond donors (Lipinski definition) is 1. The van der Waals surface area contributed by atoms with Crippen molar-refractivity contribution >= 4 is 29.0 Å². The van der Waals surface area contributed by atoms with Gasteiger partial charge in [-0.3, -0.25) is 14.9 Å². The number of para-hydroxylation sites is 1. The predicted molar refractivity (Wildman–Crippen MR) is 127 cm³/mol. The van der Waals surface area contributed by atoms with Gasteiger partial charge in [-0.15, -0.1) is 0 Å². The van der Waals surface area contributed by atoms with Crippen LogP contribution in [0.2, 0.25) is 0 Å². The van der Waals surface area contributed by atoms with E-state index in [1.54, 1.807) is 6.08 Å². The number of nitrogens with one attached hydrogen (secondary N) is 1. The van der Waals surface area contributed by atoms with Crippen LogP contribution in [0.1, 0.15) is 56.1 Å². The summed E-state index contributed by atoms with van der Waals surface area (Å²) in [5.74, 6) is 3.88. The Morgan fingerprint density at radius 3 is 2.59 bits per heavy atom. The van der Waals surface area contributed by atoms with E-state index in [1.807, 2.05) is 24.3 Å². The van der Waals surface area contributed by atoms with Crippen LogP contribution in [0, 0.1) is 17.8 Å². The molecule has 4 fully saturated rings. The highest BCUT2D eigenvalue weighted by Gasteiger charge is 2.52. The standard InChI is InChI=1S/C27H27NO3S/c29-25-24(32-26(30)28-25)13-18-5-1-2-7-23(18)31-22-10-8-21(9-11-22)27-14-17-4-3-6-19(15-27)20(12-17)16-27/h1-2,5,7-11,13,17,19-20H,3-4,6,12,14-16H2,(H,28,29,30)/b24-13+/t17-,19-,20?,27+/m0/s1. The normalized spacial score (nSPS) is 32.2. The number of imide groups is 1. The maximum atomic E-state index is 11.9. The van der Waals surface area contributed by atoms with Crippen molar-refractivity contribution in [3.05, 3.63) is 64.6 Å². The lowest BCUT2D eigenvalue weighted by molar-refractivity contribution is -0.115. The molecule has 2 amide bonds. The van der Waals surface area contributed by atoms with Crippen molar-refractivity contribution in [1.82, 2.24) is 5.32 Å². The average molecular weight is 446 g/mol. The topological polar surface area (TPSA) is 55.4 Å². The third-order valence-corrected chi connectivity index (χ3v) is 8.83. The Labute approximate surface area is 192 Å². The molecule has 0 aromatic heterocycles. The molecular formula is C27H27NO3S. The van der Waals surface area contributed by atoms with E-state index < -0.39 is 0 Å². The number of hydrogen-bond acceptors (Lipinski definition) is 4. The van der Waals surface area contributed by atoms with Gasteiger partial charge in [-0.1, -0.05) is 49.6 Å². The van der Waals surface area contributed by atoms with Gasteiger partial charge in [0.2, 0.25) is 0 Å². The second-order valence-electron chi connectivity index (χ2n) is 9.96. The van der Waals surface area contributed by atoms with Gasteiger partial charge in [0.1, 0.15) is 11.5 Å². The van der Waals surface area contributed by atoms with Crippen LogP contribution in [0.4, 0.5) is 4.79 Å². The molecule has 0 spiro atoms. The molecule has 6 rings (SSSR count). The van der Waals surface area contributed by atoms with Crippen LogP contribution >= 0.6 is 11.8 Å². The van der Waals surface area contributed by atoms with E-state index in [2.05, 4.69) is 29.6 Å². The molecule has 32 heavy (non-hydrogen) atoms. The Hall–Kier alpha value is -2.53. The van der Waals surface area contributed by atoms with Gasteiger partial charge >= 0.3 is 0 Å². The Bertz CT molecular complexity index is 1100. The van der Waals surface area contributed by atoms with Crippen molar-refractivity contribution in [3.63, 3.8) is 0 Å². The minimum atomic E-state index is -0.356. The van der Waals surface area contributed by atoms with E-state index in [1.165, 1.54) is 50.5 Å². The average Bonchev–Trinajstić information content (AvgIpc) is 3.18. The molecule has 1 N–H and O–H groups in total. The van der Waals surface area contributed by atoms with E-state index in [-0.39, 0.29) is 11.1 Å². The first kappa shape index (κ1) is 20.1. The molecule has 3 bridgehead atoms. The Morgan fingerprint density at radius 1 is 0.969 bits per heavy atom. The molecule has 1 unspecified atom stereocenters. The number of carbonyl (C=O) groups is 2. The highest BCUT2D eigenvalue weighted by Crippen LogP contribution is 2.60. The first-order chi connectivity index (χ1) is 15.6. The van der Waals surface area contributed by atoms with Gasteiger partial charge in [-0.25, -0.2) is 0 Å². The smallest absolute Gasteiger partial charge is 0.290 e. The zero-order valence-corrected chi connectivity index (χ0v) is 18.8. The van der Waals surface area contributed by atoms with Crippen LogP contribution < -0.4 is 10.1 Å². The van der Waals surface area contributed by atoms with E-state index in [0.717, 1.165) is 40.8 Å². The molecule has 164 valence electrons. The first-order valence-corrected chi connectivity index (χ1v) is 12.5. The van der Waals surface area contributed by atoms with Gasteiger partial charge in [0.15, 0.2) is 0 Å². The van der Waals surface area contributed by atoms with Crippen LogP contribution in [-0.2, 0) is 10.2 Å². The Morgan fingerprint density at radius 2 is 1.78 bits per heavy atom. The minimum Gasteiger partial charge on any atom is -0.457 e. The maximum Gasteiger partial charge on any atom is 0.290 e. The fourth-order valence-corrected chi connectivity index (χ4v) is 7.44. The van der Waals surface area contributed by atoms with Gasteiger partial charge in [-0.2, -0.15) is 0 Å². The Kier molecular flexibility index (Phi) is 4.90. The molecule has 0 radical (unpaired) electrons. The summed E-state index contributed by atoms with van der Waals surface area (Å²) < 4.78 is 6.21. The number of thioether (sulfide) groups is 1. The summed E-state index contributed by atoms with van der Waals surface area (Å²) in [5, 5.41) is 1.96. The van der Waals surface area contributed by atoms with E-state index in [9.17, 15) is 9.59 Å². The summed E-state index contributed by atoms with van der Waals surface area (Å²) in [5.41, 5.74) is 2.64. The summed E-state index contributed by atoms with van der Waals surface area (Å²) in [4.78, 5) is 23.8. The van der Waals surface area contributed by atoms with E-state index in [4.69, 9.17) is 4.74 Å². The van der Waals surface area contributed by atoms with Crippen molar-refractivity contribution in [2.75, 3.05) is 0 Å². The molecule has 2 aromatic carbocycles. The number of rotatable bonds is 4. The molecule has 1 aliphatic heterocycles. The predicted octanol–water partition coefficient (Wildman–Crippen LogP) is 6.66. The molecule has 4 atom stereocenters. The van der Waals surface area contributed by atoms with Crippen LogP contribution in [0.15, 0.2) is 53.4 Å². The molecule has 3 aliphatic carbocycles.